The Hall–Kier alpha value is -3.37. The highest BCUT2D eigenvalue weighted by Gasteiger charge is 2.38. The summed E-state index contributed by atoms with van der Waals surface area (Å²) in [5, 5.41) is 2.35. The number of rotatable bonds is 5. The van der Waals surface area contributed by atoms with Crippen molar-refractivity contribution >= 4 is 11.9 Å². The molecule has 34 heavy (non-hydrogen) atoms. The van der Waals surface area contributed by atoms with E-state index in [1.54, 1.807) is 0 Å². The average Bonchev–Trinajstić information content (AvgIpc) is 3.21. The summed E-state index contributed by atoms with van der Waals surface area (Å²) in [7, 11) is 1.12. The molecule has 1 N–H and O–H groups in total. The molecule has 1 aliphatic rings. The number of hydrogen-bond donors (Lipinski definition) is 1. The van der Waals surface area contributed by atoms with E-state index < -0.39 is 64.6 Å². The van der Waals surface area contributed by atoms with Crippen LogP contribution in [0.4, 0.5) is 30.7 Å². The third-order valence-electron chi connectivity index (χ3n) is 5.41. The molecule has 0 aromatic heterocycles. The number of ether oxygens (including phenoxy) is 1. The average molecular weight is 489 g/mol. The Morgan fingerprint density at radius 3 is 2.09 bits per heavy atom. The molecule has 0 unspecified atom stereocenters. The molecule has 0 heterocycles. The molecule has 2 aromatic carbocycles. The van der Waals surface area contributed by atoms with Gasteiger partial charge in [0.2, 0.25) is 0 Å². The SMILES string of the molecule is COC(=O)[C@H](c1ccccc1F)[C@H]1C=C[C@@H](NC(=O)c2cc(C(F)(F)F)cc(C(F)(F)F)c2)C1. The number of methoxy groups -OCH3 is 1. The van der Waals surface area contributed by atoms with E-state index in [-0.39, 0.29) is 18.1 Å². The fourth-order valence-electron chi connectivity index (χ4n) is 3.81. The van der Waals surface area contributed by atoms with Crippen LogP contribution in [0.15, 0.2) is 54.6 Å². The van der Waals surface area contributed by atoms with Crippen molar-refractivity contribution in [1.82, 2.24) is 5.32 Å². The summed E-state index contributed by atoms with van der Waals surface area (Å²) >= 11 is 0. The molecule has 182 valence electrons. The molecule has 4 nitrogen and oxygen atoms in total. The molecule has 0 saturated heterocycles. The van der Waals surface area contributed by atoms with Crippen LogP contribution in [-0.4, -0.2) is 25.0 Å². The first-order valence-corrected chi connectivity index (χ1v) is 9.92. The second-order valence-electron chi connectivity index (χ2n) is 7.68. The minimum atomic E-state index is -5.10. The zero-order valence-electron chi connectivity index (χ0n) is 17.5. The van der Waals surface area contributed by atoms with Crippen molar-refractivity contribution in [2.24, 2.45) is 5.92 Å². The van der Waals surface area contributed by atoms with Crippen LogP contribution in [0.2, 0.25) is 0 Å². The van der Waals surface area contributed by atoms with Gasteiger partial charge < -0.3 is 10.1 Å². The van der Waals surface area contributed by atoms with Gasteiger partial charge in [-0.15, -0.1) is 0 Å². The molecule has 3 atom stereocenters. The molecule has 11 heteroatoms. The Kier molecular flexibility index (Phi) is 7.04. The Labute approximate surface area is 189 Å². The van der Waals surface area contributed by atoms with E-state index >= 15 is 0 Å². The van der Waals surface area contributed by atoms with Crippen LogP contribution in [0.1, 0.15) is 39.4 Å². The van der Waals surface area contributed by atoms with Crippen molar-refractivity contribution < 1.29 is 45.1 Å². The van der Waals surface area contributed by atoms with Gasteiger partial charge in [-0.05, 0) is 36.6 Å². The van der Waals surface area contributed by atoms with Crippen molar-refractivity contribution in [1.29, 1.82) is 0 Å². The van der Waals surface area contributed by atoms with Gasteiger partial charge in [0.15, 0.2) is 0 Å². The molecule has 0 fully saturated rings. The van der Waals surface area contributed by atoms with Crippen LogP contribution in [0, 0.1) is 11.7 Å². The van der Waals surface area contributed by atoms with Gasteiger partial charge in [0, 0.05) is 17.2 Å². The predicted octanol–water partition coefficient (Wildman–Crippen LogP) is 5.49. The normalized spacial score (nSPS) is 19.1. The maximum absolute atomic E-state index is 14.3. The maximum Gasteiger partial charge on any atom is 0.416 e. The predicted molar refractivity (Wildman–Crippen MR) is 106 cm³/mol. The lowest BCUT2D eigenvalue weighted by Crippen LogP contribution is -2.34. The summed E-state index contributed by atoms with van der Waals surface area (Å²) in [4.78, 5) is 24.9. The van der Waals surface area contributed by atoms with Crippen molar-refractivity contribution in [3.05, 3.63) is 82.7 Å². The van der Waals surface area contributed by atoms with Gasteiger partial charge in [-0.3, -0.25) is 9.59 Å². The van der Waals surface area contributed by atoms with Gasteiger partial charge in [0.05, 0.1) is 24.2 Å². The lowest BCUT2D eigenvalue weighted by atomic mass is 9.85. The zero-order chi connectivity index (χ0) is 25.3. The lowest BCUT2D eigenvalue weighted by molar-refractivity contribution is -0.144. The summed E-state index contributed by atoms with van der Waals surface area (Å²) in [6.07, 6.45) is -7.18. The number of benzene rings is 2. The third kappa shape index (κ3) is 5.57. The monoisotopic (exact) mass is 489 g/mol. The second-order valence-corrected chi connectivity index (χ2v) is 7.68. The number of allylic oxidation sites excluding steroid dienone is 1. The van der Waals surface area contributed by atoms with Gasteiger partial charge in [0.1, 0.15) is 5.82 Å². The smallest absolute Gasteiger partial charge is 0.416 e. The van der Waals surface area contributed by atoms with Gasteiger partial charge in [-0.1, -0.05) is 30.4 Å². The highest BCUT2D eigenvalue weighted by molar-refractivity contribution is 5.95. The van der Waals surface area contributed by atoms with E-state index in [2.05, 4.69) is 5.32 Å². The van der Waals surface area contributed by atoms with Gasteiger partial charge in [-0.2, -0.15) is 26.3 Å². The number of halogens is 7. The van der Waals surface area contributed by atoms with E-state index in [0.29, 0.717) is 12.1 Å². The first-order chi connectivity index (χ1) is 15.8. The minimum Gasteiger partial charge on any atom is -0.469 e. The Morgan fingerprint density at radius 1 is 0.971 bits per heavy atom. The second kappa shape index (κ2) is 9.47. The quantitative estimate of drug-likeness (QED) is 0.343. The number of nitrogens with one attached hydrogen (secondary N) is 1. The molecule has 1 amide bonds. The van der Waals surface area contributed by atoms with Crippen molar-refractivity contribution in [2.75, 3.05) is 7.11 Å². The largest absolute Gasteiger partial charge is 0.469 e. The summed E-state index contributed by atoms with van der Waals surface area (Å²) in [5.74, 6) is -4.24. The van der Waals surface area contributed by atoms with Crippen LogP contribution >= 0.6 is 0 Å². The first kappa shape index (κ1) is 25.3. The maximum atomic E-state index is 14.3. The van der Waals surface area contributed by atoms with Crippen LogP contribution in [-0.2, 0) is 21.9 Å². The van der Waals surface area contributed by atoms with Crippen LogP contribution < -0.4 is 5.32 Å². The summed E-state index contributed by atoms with van der Waals surface area (Å²) < 4.78 is 97.4. The molecule has 0 spiro atoms. The molecule has 3 rings (SSSR count). The Morgan fingerprint density at radius 2 is 1.56 bits per heavy atom. The molecule has 0 aliphatic heterocycles. The molecule has 0 saturated carbocycles. The molecule has 0 radical (unpaired) electrons. The van der Waals surface area contributed by atoms with Crippen LogP contribution in [0.25, 0.3) is 0 Å². The Balaban J connectivity index is 1.82. The molecule has 1 aliphatic carbocycles. The number of carbonyl (C=O) groups is 2. The van der Waals surface area contributed by atoms with E-state index in [9.17, 15) is 40.3 Å². The fourth-order valence-corrected chi connectivity index (χ4v) is 3.81. The standard InChI is InChI=1S/C23H18F7NO3/c1-34-21(33)19(17-4-2-3-5-18(17)24)12-6-7-16(10-12)31-20(32)13-8-14(22(25,26)27)11-15(9-13)23(28,29)30/h2-9,11-12,16,19H,10H2,1H3,(H,31,32)/t12-,16+,19-/m0/s1. The highest BCUT2D eigenvalue weighted by atomic mass is 19.4. The topological polar surface area (TPSA) is 55.4 Å². The van der Waals surface area contributed by atoms with E-state index in [1.165, 1.54) is 30.4 Å². The molecular weight excluding hydrogens is 471 g/mol. The van der Waals surface area contributed by atoms with E-state index in [1.807, 2.05) is 0 Å². The highest BCUT2D eigenvalue weighted by Crippen LogP contribution is 2.37. The summed E-state index contributed by atoms with van der Waals surface area (Å²) in [6, 6.07) is 5.29. The van der Waals surface area contributed by atoms with Crippen molar-refractivity contribution in [2.45, 2.75) is 30.7 Å². The molecule has 0 bridgehead atoms. The zero-order valence-corrected chi connectivity index (χ0v) is 17.5. The van der Waals surface area contributed by atoms with Gasteiger partial charge >= 0.3 is 18.3 Å². The third-order valence-corrected chi connectivity index (χ3v) is 5.41. The van der Waals surface area contributed by atoms with Crippen LogP contribution in [0.5, 0.6) is 0 Å². The van der Waals surface area contributed by atoms with Crippen LogP contribution in [0.3, 0.4) is 0 Å². The van der Waals surface area contributed by atoms with Crippen molar-refractivity contribution in [3.63, 3.8) is 0 Å². The van der Waals surface area contributed by atoms with Gasteiger partial charge in [0.25, 0.3) is 5.91 Å². The fraction of sp³-hybridized carbons (Fsp3) is 0.304. The number of hydrogen-bond acceptors (Lipinski definition) is 3. The van der Waals surface area contributed by atoms with E-state index in [0.717, 1.165) is 13.2 Å². The molecule has 2 aromatic rings. The van der Waals surface area contributed by atoms with Gasteiger partial charge in [-0.25, -0.2) is 4.39 Å². The molecular formula is C23H18F7NO3. The summed E-state index contributed by atoms with van der Waals surface area (Å²) in [5.41, 5.74) is -3.99. The number of carbonyl (C=O) groups excluding carboxylic acids is 2. The van der Waals surface area contributed by atoms with Crippen molar-refractivity contribution in [3.8, 4) is 0 Å². The summed E-state index contributed by atoms with van der Waals surface area (Å²) in [6.45, 7) is 0. The minimum absolute atomic E-state index is 0.0466. The lowest BCUT2D eigenvalue weighted by Gasteiger charge is -2.22. The number of esters is 1. The van der Waals surface area contributed by atoms with E-state index in [4.69, 9.17) is 4.74 Å². The Bertz CT molecular complexity index is 1080. The number of amides is 1. The first-order valence-electron chi connectivity index (χ1n) is 9.92. The number of alkyl halides is 6.